The molecule has 1 amide bonds. The summed E-state index contributed by atoms with van der Waals surface area (Å²) in [6.45, 7) is 0.626. The zero-order chi connectivity index (χ0) is 19.3. The van der Waals surface area contributed by atoms with E-state index in [4.69, 9.17) is 18.6 Å². The van der Waals surface area contributed by atoms with E-state index in [9.17, 15) is 4.79 Å². The molecular weight excluding hydrogens is 382 g/mol. The topological polar surface area (TPSA) is 95.7 Å². The Hall–Kier alpha value is -3.20. The van der Waals surface area contributed by atoms with Crippen LogP contribution in [-0.4, -0.2) is 35.8 Å². The number of fused-ring (bicyclic) bond motifs is 1. The third-order valence-electron chi connectivity index (χ3n) is 4.00. The van der Waals surface area contributed by atoms with E-state index in [-0.39, 0.29) is 18.5 Å². The predicted molar refractivity (Wildman–Crippen MR) is 101 cm³/mol. The molecule has 0 aliphatic carbocycles. The molecule has 4 rings (SSSR count). The molecule has 2 heterocycles. The van der Waals surface area contributed by atoms with E-state index in [1.807, 2.05) is 42.5 Å². The van der Waals surface area contributed by atoms with Crippen LogP contribution >= 0.6 is 11.8 Å². The summed E-state index contributed by atoms with van der Waals surface area (Å²) in [6.07, 6.45) is 0. The molecule has 144 valence electrons. The van der Waals surface area contributed by atoms with E-state index in [1.165, 1.54) is 11.8 Å². The minimum Gasteiger partial charge on any atom is -0.497 e. The Balaban J connectivity index is 1.27. The summed E-state index contributed by atoms with van der Waals surface area (Å²) in [7, 11) is 1.61. The molecule has 0 atom stereocenters. The van der Waals surface area contributed by atoms with Gasteiger partial charge in [0, 0.05) is 12.1 Å². The fourth-order valence-corrected chi connectivity index (χ4v) is 3.14. The van der Waals surface area contributed by atoms with Crippen LogP contribution in [0.3, 0.4) is 0 Å². The summed E-state index contributed by atoms with van der Waals surface area (Å²) in [4.78, 5) is 12.1. The number of aromatic nitrogens is 2. The first-order valence-electron chi connectivity index (χ1n) is 8.47. The van der Waals surface area contributed by atoms with Gasteiger partial charge in [0.05, 0.1) is 12.9 Å². The molecule has 1 N–H and O–H groups in total. The van der Waals surface area contributed by atoms with Gasteiger partial charge in [-0.3, -0.25) is 4.79 Å². The maximum absolute atomic E-state index is 12.1. The molecule has 3 aromatic rings. The molecular formula is C19H17N3O5S. The second-order valence-corrected chi connectivity index (χ2v) is 6.78. The van der Waals surface area contributed by atoms with Crippen LogP contribution in [0.5, 0.6) is 17.2 Å². The van der Waals surface area contributed by atoms with Crippen molar-refractivity contribution in [2.24, 2.45) is 0 Å². The van der Waals surface area contributed by atoms with Crippen LogP contribution in [0, 0.1) is 0 Å². The number of carbonyl (C=O) groups is 1. The molecule has 0 fully saturated rings. The lowest BCUT2D eigenvalue weighted by molar-refractivity contribution is -0.118. The smallest absolute Gasteiger partial charge is 0.277 e. The van der Waals surface area contributed by atoms with Gasteiger partial charge in [0.15, 0.2) is 11.5 Å². The number of carbonyl (C=O) groups excluding carboxylic acids is 1. The van der Waals surface area contributed by atoms with Crippen molar-refractivity contribution in [3.63, 3.8) is 0 Å². The Kier molecular flexibility index (Phi) is 5.34. The van der Waals surface area contributed by atoms with E-state index in [0.717, 1.165) is 22.6 Å². The highest BCUT2D eigenvalue weighted by molar-refractivity contribution is 7.99. The van der Waals surface area contributed by atoms with Crippen LogP contribution in [0.1, 0.15) is 5.56 Å². The van der Waals surface area contributed by atoms with E-state index in [0.29, 0.717) is 23.4 Å². The van der Waals surface area contributed by atoms with E-state index >= 15 is 0 Å². The molecule has 0 radical (unpaired) electrons. The number of thioether (sulfide) groups is 1. The quantitative estimate of drug-likeness (QED) is 0.606. The van der Waals surface area contributed by atoms with Gasteiger partial charge in [0.25, 0.3) is 5.22 Å². The minimum absolute atomic E-state index is 0.133. The summed E-state index contributed by atoms with van der Waals surface area (Å²) in [6, 6.07) is 12.9. The molecule has 0 spiro atoms. The van der Waals surface area contributed by atoms with Gasteiger partial charge in [-0.05, 0) is 42.0 Å². The van der Waals surface area contributed by atoms with Crippen molar-refractivity contribution in [2.75, 3.05) is 19.7 Å². The van der Waals surface area contributed by atoms with Gasteiger partial charge < -0.3 is 23.9 Å². The van der Waals surface area contributed by atoms with Crippen LogP contribution < -0.4 is 19.5 Å². The monoisotopic (exact) mass is 399 g/mol. The second-order valence-electron chi connectivity index (χ2n) is 5.85. The molecule has 1 aliphatic rings. The molecule has 28 heavy (non-hydrogen) atoms. The molecule has 1 aromatic heterocycles. The number of hydrogen-bond donors (Lipinski definition) is 1. The molecule has 9 heteroatoms. The highest BCUT2D eigenvalue weighted by Gasteiger charge is 2.14. The molecule has 0 saturated carbocycles. The number of hydrogen-bond acceptors (Lipinski definition) is 8. The lowest BCUT2D eigenvalue weighted by atomic mass is 10.2. The number of rotatable bonds is 7. The average Bonchev–Trinajstić information content (AvgIpc) is 3.39. The largest absolute Gasteiger partial charge is 0.497 e. The third-order valence-corrected chi connectivity index (χ3v) is 4.82. The van der Waals surface area contributed by atoms with Crippen LogP contribution in [0.4, 0.5) is 0 Å². The van der Waals surface area contributed by atoms with Crippen molar-refractivity contribution in [1.29, 1.82) is 0 Å². The van der Waals surface area contributed by atoms with Crippen LogP contribution in [0.2, 0.25) is 0 Å². The summed E-state index contributed by atoms with van der Waals surface area (Å²) in [5.41, 5.74) is 1.72. The summed E-state index contributed by atoms with van der Waals surface area (Å²) in [5.74, 6) is 2.59. The Morgan fingerprint density at radius 2 is 1.96 bits per heavy atom. The van der Waals surface area contributed by atoms with Crippen LogP contribution in [0.25, 0.3) is 11.5 Å². The first kappa shape index (κ1) is 18.2. The zero-order valence-corrected chi connectivity index (χ0v) is 15.8. The summed E-state index contributed by atoms with van der Waals surface area (Å²) < 4.78 is 21.3. The Morgan fingerprint density at radius 1 is 1.14 bits per heavy atom. The average molecular weight is 399 g/mol. The molecule has 1 aliphatic heterocycles. The van der Waals surface area contributed by atoms with E-state index < -0.39 is 0 Å². The van der Waals surface area contributed by atoms with Gasteiger partial charge in [0.1, 0.15) is 5.75 Å². The number of methoxy groups -OCH3 is 1. The maximum Gasteiger partial charge on any atom is 0.277 e. The molecule has 2 aromatic carbocycles. The minimum atomic E-state index is -0.133. The number of nitrogens with one attached hydrogen (secondary N) is 1. The first-order valence-corrected chi connectivity index (χ1v) is 9.46. The lowest BCUT2D eigenvalue weighted by Crippen LogP contribution is -2.24. The van der Waals surface area contributed by atoms with Crippen molar-refractivity contribution in [3.8, 4) is 28.7 Å². The normalized spacial score (nSPS) is 12.0. The Bertz CT molecular complexity index is 974. The Labute approximate surface area is 165 Å². The van der Waals surface area contributed by atoms with Gasteiger partial charge in [0.2, 0.25) is 18.6 Å². The molecule has 8 nitrogen and oxygen atoms in total. The first-order chi connectivity index (χ1) is 13.7. The van der Waals surface area contributed by atoms with E-state index in [2.05, 4.69) is 15.5 Å². The number of amides is 1. The Morgan fingerprint density at radius 3 is 2.79 bits per heavy atom. The van der Waals surface area contributed by atoms with Crippen molar-refractivity contribution < 1.29 is 23.4 Å². The lowest BCUT2D eigenvalue weighted by Gasteiger charge is -2.05. The van der Waals surface area contributed by atoms with Crippen molar-refractivity contribution in [1.82, 2.24) is 15.5 Å². The predicted octanol–water partition coefficient (Wildman–Crippen LogP) is 2.88. The van der Waals surface area contributed by atoms with Crippen LogP contribution in [-0.2, 0) is 11.3 Å². The summed E-state index contributed by atoms with van der Waals surface area (Å²) in [5, 5.41) is 11.2. The molecule has 0 bridgehead atoms. The van der Waals surface area contributed by atoms with Gasteiger partial charge in [-0.15, -0.1) is 10.2 Å². The van der Waals surface area contributed by atoms with Crippen molar-refractivity contribution >= 4 is 17.7 Å². The molecule has 0 unspecified atom stereocenters. The van der Waals surface area contributed by atoms with Crippen molar-refractivity contribution in [2.45, 2.75) is 11.8 Å². The standard InChI is InChI=1S/C19H17N3O5S/c1-24-14-5-3-13(4-6-14)18-21-22-19(27-18)28-10-17(23)20-9-12-2-7-15-16(8-12)26-11-25-15/h2-8H,9-11H2,1H3,(H,20,23). The second kappa shape index (κ2) is 8.22. The van der Waals surface area contributed by atoms with E-state index in [1.54, 1.807) is 7.11 Å². The number of benzene rings is 2. The van der Waals surface area contributed by atoms with Crippen molar-refractivity contribution in [3.05, 3.63) is 48.0 Å². The maximum atomic E-state index is 12.1. The van der Waals surface area contributed by atoms with Gasteiger partial charge in [-0.2, -0.15) is 0 Å². The molecule has 0 saturated heterocycles. The highest BCUT2D eigenvalue weighted by atomic mass is 32.2. The van der Waals surface area contributed by atoms with Gasteiger partial charge >= 0.3 is 0 Å². The SMILES string of the molecule is COc1ccc(-c2nnc(SCC(=O)NCc3ccc4c(c3)OCO4)o2)cc1. The zero-order valence-electron chi connectivity index (χ0n) is 15.0. The van der Waals surface area contributed by atoms with Gasteiger partial charge in [-0.1, -0.05) is 17.8 Å². The number of nitrogens with zero attached hydrogens (tertiary/aromatic N) is 2. The van der Waals surface area contributed by atoms with Gasteiger partial charge in [-0.25, -0.2) is 0 Å². The summed E-state index contributed by atoms with van der Waals surface area (Å²) >= 11 is 1.19. The fourth-order valence-electron chi connectivity index (χ4n) is 2.55. The highest BCUT2D eigenvalue weighted by Crippen LogP contribution is 2.32. The number of ether oxygens (including phenoxy) is 3. The fraction of sp³-hybridized carbons (Fsp3) is 0.211. The van der Waals surface area contributed by atoms with Crippen LogP contribution in [0.15, 0.2) is 52.1 Å². The third kappa shape index (κ3) is 4.20.